The minimum absolute atomic E-state index is 0.312. The number of hydrogen-bond donors (Lipinski definition) is 1. The maximum atomic E-state index is 5.78. The molecule has 1 unspecified atom stereocenters. The molecule has 2 rings (SSSR count). The number of rotatable bonds is 6. The summed E-state index contributed by atoms with van der Waals surface area (Å²) in [6, 6.07) is 12.3. The molecule has 0 amide bonds. The number of nitrogens with one attached hydrogen (secondary N) is 1. The van der Waals surface area contributed by atoms with E-state index in [1.54, 1.807) is 6.20 Å². The van der Waals surface area contributed by atoms with Crippen molar-refractivity contribution in [2.24, 2.45) is 0 Å². The van der Waals surface area contributed by atoms with Crippen molar-refractivity contribution in [2.45, 2.75) is 26.3 Å². The van der Waals surface area contributed by atoms with Gasteiger partial charge in [-0.2, -0.15) is 0 Å². The third-order valence-electron chi connectivity index (χ3n) is 3.02. The lowest BCUT2D eigenvalue weighted by Crippen LogP contribution is -2.20. The van der Waals surface area contributed by atoms with E-state index in [-0.39, 0.29) is 0 Å². The number of benzene rings is 1. The van der Waals surface area contributed by atoms with Crippen molar-refractivity contribution in [1.29, 1.82) is 0 Å². The van der Waals surface area contributed by atoms with Crippen LogP contribution >= 0.6 is 22.6 Å². The second-order valence-electron chi connectivity index (χ2n) is 4.49. The highest BCUT2D eigenvalue weighted by molar-refractivity contribution is 14.1. The van der Waals surface area contributed by atoms with Gasteiger partial charge < -0.3 is 10.1 Å². The van der Waals surface area contributed by atoms with Crippen LogP contribution in [0.4, 0.5) is 0 Å². The van der Waals surface area contributed by atoms with Gasteiger partial charge in [0.1, 0.15) is 11.5 Å². The summed E-state index contributed by atoms with van der Waals surface area (Å²) in [4.78, 5) is 4.49. The quantitative estimate of drug-likeness (QED) is 0.745. The van der Waals surface area contributed by atoms with Crippen molar-refractivity contribution in [3.05, 3.63) is 51.9 Å². The van der Waals surface area contributed by atoms with E-state index < -0.39 is 0 Å². The van der Waals surface area contributed by atoms with Gasteiger partial charge in [0.25, 0.3) is 0 Å². The molecular weight excluding hydrogens is 363 g/mol. The maximum Gasteiger partial charge on any atom is 0.145 e. The topological polar surface area (TPSA) is 34.1 Å². The fourth-order valence-electron chi connectivity index (χ4n) is 2.00. The van der Waals surface area contributed by atoms with Gasteiger partial charge in [-0.05, 0) is 72.0 Å². The van der Waals surface area contributed by atoms with Gasteiger partial charge in [0.2, 0.25) is 0 Å². The zero-order valence-electron chi connectivity index (χ0n) is 11.8. The smallest absolute Gasteiger partial charge is 0.145 e. The minimum atomic E-state index is 0.312. The predicted molar refractivity (Wildman–Crippen MR) is 90.2 cm³/mol. The molecular formula is C16H19IN2O. The van der Waals surface area contributed by atoms with E-state index in [2.05, 4.69) is 46.7 Å². The van der Waals surface area contributed by atoms with E-state index in [9.17, 15) is 0 Å². The van der Waals surface area contributed by atoms with Crippen molar-refractivity contribution < 1.29 is 4.74 Å². The zero-order chi connectivity index (χ0) is 14.4. The molecule has 0 aliphatic rings. The average Bonchev–Trinajstić information content (AvgIpc) is 2.48. The Morgan fingerprint density at radius 2 is 1.80 bits per heavy atom. The zero-order valence-corrected chi connectivity index (χ0v) is 13.9. The number of hydrogen-bond acceptors (Lipinski definition) is 3. The molecule has 3 nitrogen and oxygen atoms in total. The van der Waals surface area contributed by atoms with Gasteiger partial charge in [0, 0.05) is 9.61 Å². The summed E-state index contributed by atoms with van der Waals surface area (Å²) in [5.41, 5.74) is 1.06. The van der Waals surface area contributed by atoms with Gasteiger partial charge >= 0.3 is 0 Å². The summed E-state index contributed by atoms with van der Waals surface area (Å²) < 4.78 is 6.97. The van der Waals surface area contributed by atoms with Gasteiger partial charge in [-0.3, -0.25) is 4.98 Å². The Bertz CT molecular complexity index is 525. The molecule has 1 atom stereocenters. The first kappa shape index (κ1) is 15.3. The number of nitrogens with zero attached hydrogens (tertiary/aromatic N) is 1. The van der Waals surface area contributed by atoms with Crippen LogP contribution < -0.4 is 10.1 Å². The molecule has 1 aromatic carbocycles. The molecule has 0 aliphatic heterocycles. The summed E-state index contributed by atoms with van der Waals surface area (Å²) in [5.74, 6) is 1.60. The first-order valence-corrected chi connectivity index (χ1v) is 7.93. The van der Waals surface area contributed by atoms with Crippen molar-refractivity contribution in [3.63, 3.8) is 0 Å². The lowest BCUT2D eigenvalue weighted by atomic mass is 10.1. The summed E-state index contributed by atoms with van der Waals surface area (Å²) in [5, 5.41) is 3.42. The lowest BCUT2D eigenvalue weighted by Gasteiger charge is -2.15. The molecule has 0 aliphatic carbocycles. The lowest BCUT2D eigenvalue weighted by molar-refractivity contribution is 0.476. The Labute approximate surface area is 133 Å². The van der Waals surface area contributed by atoms with Crippen LogP contribution in [0.5, 0.6) is 11.5 Å². The number of halogens is 1. The molecule has 106 valence electrons. The van der Waals surface area contributed by atoms with Crippen molar-refractivity contribution in [3.8, 4) is 11.5 Å². The monoisotopic (exact) mass is 382 g/mol. The van der Waals surface area contributed by atoms with E-state index >= 15 is 0 Å². The Kier molecular flexibility index (Phi) is 5.79. The van der Waals surface area contributed by atoms with E-state index in [4.69, 9.17) is 4.74 Å². The van der Waals surface area contributed by atoms with E-state index in [0.717, 1.165) is 30.2 Å². The molecule has 0 spiro atoms. The molecule has 1 N–H and O–H groups in total. The van der Waals surface area contributed by atoms with Gasteiger partial charge in [-0.25, -0.2) is 0 Å². The maximum absolute atomic E-state index is 5.78. The molecule has 1 aromatic heterocycles. The Morgan fingerprint density at radius 3 is 2.35 bits per heavy atom. The highest BCUT2D eigenvalue weighted by Gasteiger charge is 2.09. The largest absolute Gasteiger partial charge is 0.456 e. The summed E-state index contributed by atoms with van der Waals surface area (Å²) in [6.45, 7) is 5.21. The van der Waals surface area contributed by atoms with Crippen LogP contribution in [0.1, 0.15) is 32.0 Å². The van der Waals surface area contributed by atoms with Gasteiger partial charge in [-0.1, -0.05) is 13.8 Å². The highest BCUT2D eigenvalue weighted by atomic mass is 127. The second kappa shape index (κ2) is 7.59. The first-order chi connectivity index (χ1) is 9.72. The molecule has 0 fully saturated rings. The molecule has 4 heteroatoms. The van der Waals surface area contributed by atoms with Crippen LogP contribution in [-0.2, 0) is 0 Å². The third-order valence-corrected chi connectivity index (χ3v) is 3.74. The predicted octanol–water partition coefficient (Wildman–Crippen LogP) is 4.54. The van der Waals surface area contributed by atoms with Crippen LogP contribution in [-0.4, -0.2) is 11.5 Å². The van der Waals surface area contributed by atoms with Crippen molar-refractivity contribution in [2.75, 3.05) is 6.54 Å². The first-order valence-electron chi connectivity index (χ1n) is 6.85. The molecule has 0 saturated heterocycles. The van der Waals surface area contributed by atoms with E-state index in [1.165, 1.54) is 3.57 Å². The van der Waals surface area contributed by atoms with Crippen molar-refractivity contribution >= 4 is 22.6 Å². The highest BCUT2D eigenvalue weighted by Crippen LogP contribution is 2.23. The molecule has 20 heavy (non-hydrogen) atoms. The third kappa shape index (κ3) is 4.18. The van der Waals surface area contributed by atoms with Crippen LogP contribution in [0.25, 0.3) is 0 Å². The molecule has 1 heterocycles. The van der Waals surface area contributed by atoms with Crippen LogP contribution in [0, 0.1) is 3.57 Å². The fraction of sp³-hybridized carbons (Fsp3) is 0.312. The van der Waals surface area contributed by atoms with E-state index in [1.807, 2.05) is 36.4 Å². The van der Waals surface area contributed by atoms with Crippen molar-refractivity contribution in [1.82, 2.24) is 10.3 Å². The number of pyridine rings is 1. The number of ether oxygens (including phenoxy) is 1. The Balaban J connectivity index is 2.06. The molecule has 0 radical (unpaired) electrons. The SMILES string of the molecule is CCNC(CC)c1ccc(Oc2ccc(I)cc2)cn1. The normalized spacial score (nSPS) is 12.2. The standard InChI is InChI=1S/C16H19IN2O/c1-3-15(18-4-2)16-10-9-14(11-19-16)20-13-7-5-12(17)6-8-13/h5-11,15,18H,3-4H2,1-2H3. The second-order valence-corrected chi connectivity index (χ2v) is 5.74. The molecule has 0 saturated carbocycles. The Hall–Kier alpha value is -1.14. The van der Waals surface area contributed by atoms with Crippen LogP contribution in [0.15, 0.2) is 42.6 Å². The van der Waals surface area contributed by atoms with Gasteiger partial charge in [-0.15, -0.1) is 0 Å². The number of aromatic nitrogens is 1. The molecule has 2 aromatic rings. The minimum Gasteiger partial charge on any atom is -0.456 e. The Morgan fingerprint density at radius 1 is 1.10 bits per heavy atom. The molecule has 0 bridgehead atoms. The summed E-state index contributed by atoms with van der Waals surface area (Å²) >= 11 is 2.28. The van der Waals surface area contributed by atoms with Gasteiger partial charge in [0.15, 0.2) is 0 Å². The van der Waals surface area contributed by atoms with E-state index in [0.29, 0.717) is 6.04 Å². The van der Waals surface area contributed by atoms with Gasteiger partial charge in [0.05, 0.1) is 11.9 Å². The van der Waals surface area contributed by atoms with Crippen LogP contribution in [0.2, 0.25) is 0 Å². The average molecular weight is 382 g/mol. The summed E-state index contributed by atoms with van der Waals surface area (Å²) in [6.07, 6.45) is 2.81. The fourth-order valence-corrected chi connectivity index (χ4v) is 2.36. The summed E-state index contributed by atoms with van der Waals surface area (Å²) in [7, 11) is 0. The van der Waals surface area contributed by atoms with Crippen LogP contribution in [0.3, 0.4) is 0 Å².